The Hall–Kier alpha value is -1.32. The summed E-state index contributed by atoms with van der Waals surface area (Å²) in [6.07, 6.45) is 1.79. The molecule has 1 rings (SSSR count). The third-order valence-corrected chi connectivity index (χ3v) is 2.44. The number of hydrogen-bond donors (Lipinski definition) is 1. The Bertz CT molecular complexity index is 350. The summed E-state index contributed by atoms with van der Waals surface area (Å²) >= 11 is 0. The topological polar surface area (TPSA) is 61.0 Å². The van der Waals surface area contributed by atoms with Crippen LogP contribution in [0.15, 0.2) is 0 Å². The summed E-state index contributed by atoms with van der Waals surface area (Å²) in [7, 11) is 0. The predicted molar refractivity (Wildman–Crippen MR) is 65.5 cm³/mol. The minimum absolute atomic E-state index is 0.520. The molecule has 0 aliphatic rings. The first-order valence-electron chi connectivity index (χ1n) is 5.80. The molecule has 0 unspecified atom stereocenters. The van der Waals surface area contributed by atoms with Crippen LogP contribution in [-0.4, -0.2) is 16.6 Å². The van der Waals surface area contributed by atoms with Crippen LogP contribution >= 0.6 is 0 Å². The van der Waals surface area contributed by atoms with E-state index in [1.807, 2.05) is 13.8 Å². The van der Waals surface area contributed by atoms with Crippen molar-refractivity contribution in [2.75, 3.05) is 12.3 Å². The zero-order valence-electron chi connectivity index (χ0n) is 10.6. The van der Waals surface area contributed by atoms with E-state index >= 15 is 0 Å². The number of aromatic nitrogens is 2. The highest BCUT2D eigenvalue weighted by Crippen LogP contribution is 2.20. The SMILES string of the molecule is CCc1nc(N)c(C)c(OCCC(C)C)n1. The lowest BCUT2D eigenvalue weighted by Crippen LogP contribution is -2.08. The first kappa shape index (κ1) is 12.7. The Labute approximate surface area is 97.2 Å². The number of rotatable bonds is 5. The maximum atomic E-state index is 5.80. The van der Waals surface area contributed by atoms with Gasteiger partial charge in [-0.15, -0.1) is 0 Å². The van der Waals surface area contributed by atoms with E-state index in [1.165, 1.54) is 0 Å². The van der Waals surface area contributed by atoms with Crippen molar-refractivity contribution in [2.45, 2.75) is 40.5 Å². The second-order valence-electron chi connectivity index (χ2n) is 4.34. The van der Waals surface area contributed by atoms with Gasteiger partial charge in [-0.25, -0.2) is 4.98 Å². The molecule has 16 heavy (non-hydrogen) atoms. The molecule has 0 spiro atoms. The van der Waals surface area contributed by atoms with Gasteiger partial charge >= 0.3 is 0 Å². The molecule has 4 heteroatoms. The minimum Gasteiger partial charge on any atom is -0.477 e. The Balaban J connectivity index is 2.74. The monoisotopic (exact) mass is 223 g/mol. The van der Waals surface area contributed by atoms with Gasteiger partial charge in [0.1, 0.15) is 11.6 Å². The number of nitrogens with two attached hydrogens (primary N) is 1. The lowest BCUT2D eigenvalue weighted by molar-refractivity contribution is 0.276. The summed E-state index contributed by atoms with van der Waals surface area (Å²) in [5, 5.41) is 0. The van der Waals surface area contributed by atoms with Crippen molar-refractivity contribution < 1.29 is 4.74 Å². The van der Waals surface area contributed by atoms with Crippen LogP contribution in [0.4, 0.5) is 5.82 Å². The zero-order valence-corrected chi connectivity index (χ0v) is 10.6. The zero-order chi connectivity index (χ0) is 12.1. The number of anilines is 1. The molecule has 0 aliphatic heterocycles. The third-order valence-electron chi connectivity index (χ3n) is 2.44. The van der Waals surface area contributed by atoms with Crippen molar-refractivity contribution in [3.63, 3.8) is 0 Å². The van der Waals surface area contributed by atoms with E-state index in [0.717, 1.165) is 24.2 Å². The molecular formula is C12H21N3O. The highest BCUT2D eigenvalue weighted by atomic mass is 16.5. The maximum absolute atomic E-state index is 5.80. The van der Waals surface area contributed by atoms with Crippen molar-refractivity contribution in [3.05, 3.63) is 11.4 Å². The van der Waals surface area contributed by atoms with Crippen molar-refractivity contribution in [3.8, 4) is 5.88 Å². The van der Waals surface area contributed by atoms with Crippen molar-refractivity contribution >= 4 is 5.82 Å². The molecule has 0 aliphatic carbocycles. The van der Waals surface area contributed by atoms with Crippen molar-refractivity contribution in [2.24, 2.45) is 5.92 Å². The van der Waals surface area contributed by atoms with Gasteiger partial charge in [0.05, 0.1) is 12.2 Å². The van der Waals surface area contributed by atoms with Crippen LogP contribution in [0.5, 0.6) is 5.88 Å². The first-order chi connectivity index (χ1) is 7.54. The molecule has 0 aromatic carbocycles. The van der Waals surface area contributed by atoms with Crippen LogP contribution in [0.2, 0.25) is 0 Å². The lowest BCUT2D eigenvalue weighted by Gasteiger charge is -2.11. The lowest BCUT2D eigenvalue weighted by atomic mass is 10.1. The van der Waals surface area contributed by atoms with Crippen LogP contribution in [-0.2, 0) is 6.42 Å². The second-order valence-corrected chi connectivity index (χ2v) is 4.34. The summed E-state index contributed by atoms with van der Waals surface area (Å²) in [6, 6.07) is 0. The fourth-order valence-corrected chi connectivity index (χ4v) is 1.25. The molecule has 4 nitrogen and oxygen atoms in total. The van der Waals surface area contributed by atoms with E-state index < -0.39 is 0 Å². The summed E-state index contributed by atoms with van der Waals surface area (Å²) in [6.45, 7) is 8.91. The van der Waals surface area contributed by atoms with E-state index in [4.69, 9.17) is 10.5 Å². The summed E-state index contributed by atoms with van der Waals surface area (Å²) in [5.74, 6) is 2.52. The average Bonchev–Trinajstić information content (AvgIpc) is 2.23. The van der Waals surface area contributed by atoms with Gasteiger partial charge < -0.3 is 10.5 Å². The fraction of sp³-hybridized carbons (Fsp3) is 0.667. The molecule has 0 fully saturated rings. The molecule has 1 aromatic heterocycles. The van der Waals surface area contributed by atoms with Crippen LogP contribution in [0.3, 0.4) is 0 Å². The van der Waals surface area contributed by atoms with Gasteiger partial charge in [-0.3, -0.25) is 0 Å². The van der Waals surface area contributed by atoms with Crippen LogP contribution in [0.25, 0.3) is 0 Å². The largest absolute Gasteiger partial charge is 0.477 e. The van der Waals surface area contributed by atoms with Gasteiger partial charge in [0.15, 0.2) is 0 Å². The maximum Gasteiger partial charge on any atom is 0.221 e. The Morgan fingerprint density at radius 2 is 2.00 bits per heavy atom. The molecule has 0 amide bonds. The third kappa shape index (κ3) is 3.36. The van der Waals surface area contributed by atoms with E-state index in [2.05, 4.69) is 23.8 Å². The van der Waals surface area contributed by atoms with E-state index in [0.29, 0.717) is 24.2 Å². The molecule has 0 saturated heterocycles. The van der Waals surface area contributed by atoms with Gasteiger partial charge in [0.25, 0.3) is 0 Å². The van der Waals surface area contributed by atoms with Gasteiger partial charge in [-0.05, 0) is 19.3 Å². The summed E-state index contributed by atoms with van der Waals surface area (Å²) in [4.78, 5) is 8.52. The molecule has 0 bridgehead atoms. The quantitative estimate of drug-likeness (QED) is 0.832. The van der Waals surface area contributed by atoms with E-state index in [-0.39, 0.29) is 0 Å². The van der Waals surface area contributed by atoms with Gasteiger partial charge in [0.2, 0.25) is 5.88 Å². The predicted octanol–water partition coefficient (Wildman–Crippen LogP) is 2.35. The molecule has 0 radical (unpaired) electrons. The standard InChI is InChI=1S/C12H21N3O/c1-5-10-14-11(13)9(4)12(15-10)16-7-6-8(2)3/h8H,5-7H2,1-4H3,(H2,13,14,15). The normalized spacial score (nSPS) is 10.8. The summed E-state index contributed by atoms with van der Waals surface area (Å²) < 4.78 is 5.64. The number of hydrogen-bond acceptors (Lipinski definition) is 4. The van der Waals surface area contributed by atoms with Gasteiger partial charge in [-0.1, -0.05) is 20.8 Å². The van der Waals surface area contributed by atoms with E-state index in [1.54, 1.807) is 0 Å². The molecular weight excluding hydrogens is 202 g/mol. The Kier molecular flexibility index (Phi) is 4.52. The van der Waals surface area contributed by atoms with Crippen LogP contribution in [0.1, 0.15) is 38.6 Å². The number of nitrogen functional groups attached to an aromatic ring is 1. The Morgan fingerprint density at radius 3 is 2.56 bits per heavy atom. The average molecular weight is 223 g/mol. The van der Waals surface area contributed by atoms with Gasteiger partial charge in [-0.2, -0.15) is 4.98 Å². The molecule has 1 heterocycles. The molecule has 2 N–H and O–H groups in total. The van der Waals surface area contributed by atoms with Crippen molar-refractivity contribution in [1.29, 1.82) is 0 Å². The highest BCUT2D eigenvalue weighted by molar-refractivity contribution is 5.44. The van der Waals surface area contributed by atoms with Gasteiger partial charge in [0, 0.05) is 6.42 Å². The molecule has 0 saturated carbocycles. The van der Waals surface area contributed by atoms with Crippen LogP contribution in [0, 0.1) is 12.8 Å². The first-order valence-corrected chi connectivity index (χ1v) is 5.80. The second kappa shape index (κ2) is 5.68. The van der Waals surface area contributed by atoms with Crippen molar-refractivity contribution in [1.82, 2.24) is 9.97 Å². The molecule has 0 atom stereocenters. The van der Waals surface area contributed by atoms with Crippen LogP contribution < -0.4 is 10.5 Å². The van der Waals surface area contributed by atoms with E-state index in [9.17, 15) is 0 Å². The number of ether oxygens (including phenoxy) is 1. The number of aryl methyl sites for hydroxylation is 1. The fourth-order valence-electron chi connectivity index (χ4n) is 1.25. The minimum atomic E-state index is 0.520. The summed E-state index contributed by atoms with van der Waals surface area (Å²) in [5.41, 5.74) is 6.63. The molecule has 1 aromatic rings. The Morgan fingerprint density at radius 1 is 1.31 bits per heavy atom. The highest BCUT2D eigenvalue weighted by Gasteiger charge is 2.09. The smallest absolute Gasteiger partial charge is 0.221 e. The molecule has 90 valence electrons. The number of nitrogens with zero attached hydrogens (tertiary/aromatic N) is 2.